The lowest BCUT2D eigenvalue weighted by atomic mass is 10.0. The van der Waals surface area contributed by atoms with Crippen LogP contribution in [0.15, 0.2) is 51.8 Å². The molecular weight excluding hydrogens is 428 g/mol. The van der Waals surface area contributed by atoms with Crippen LogP contribution in [-0.4, -0.2) is 46.2 Å². The van der Waals surface area contributed by atoms with Crippen LogP contribution in [0.5, 0.6) is 0 Å². The maximum Gasteiger partial charge on any atom is 0.241 e. The number of morpholine rings is 1. The summed E-state index contributed by atoms with van der Waals surface area (Å²) in [6.07, 6.45) is 0. The van der Waals surface area contributed by atoms with Gasteiger partial charge in [0.15, 0.2) is 0 Å². The fourth-order valence-corrected chi connectivity index (χ4v) is 5.45. The molecule has 0 spiro atoms. The number of rotatable bonds is 6. The molecule has 3 rings (SSSR count). The van der Waals surface area contributed by atoms with Crippen molar-refractivity contribution in [3.05, 3.63) is 63.6 Å². The van der Waals surface area contributed by atoms with Crippen molar-refractivity contribution in [3.8, 4) is 0 Å². The molecule has 5 nitrogen and oxygen atoms in total. The Bertz CT molecular complexity index is 879. The lowest BCUT2D eigenvalue weighted by molar-refractivity contribution is 0.0172. The van der Waals surface area contributed by atoms with Crippen molar-refractivity contribution in [2.24, 2.45) is 0 Å². The normalized spacial score (nSPS) is 17.0. The van der Waals surface area contributed by atoms with Crippen molar-refractivity contribution in [2.75, 3.05) is 32.8 Å². The molecule has 0 amide bonds. The zero-order chi connectivity index (χ0) is 19.4. The van der Waals surface area contributed by atoms with Gasteiger partial charge in [-0.25, -0.2) is 13.1 Å². The highest BCUT2D eigenvalue weighted by molar-refractivity contribution is 9.10. The summed E-state index contributed by atoms with van der Waals surface area (Å²) in [6.45, 7) is 7.19. The van der Waals surface area contributed by atoms with Crippen LogP contribution in [0.25, 0.3) is 0 Å². The second-order valence-electron chi connectivity index (χ2n) is 6.86. The fourth-order valence-electron chi connectivity index (χ4n) is 3.23. The summed E-state index contributed by atoms with van der Waals surface area (Å²) in [5.41, 5.74) is 3.29. The monoisotopic (exact) mass is 452 g/mol. The highest BCUT2D eigenvalue weighted by Gasteiger charge is 2.25. The number of hydrogen-bond donors (Lipinski definition) is 1. The number of halogens is 1. The van der Waals surface area contributed by atoms with E-state index in [0.29, 0.717) is 24.2 Å². The first-order valence-electron chi connectivity index (χ1n) is 9.01. The molecule has 1 aliphatic rings. The van der Waals surface area contributed by atoms with Gasteiger partial charge in [-0.3, -0.25) is 4.90 Å². The van der Waals surface area contributed by atoms with Crippen molar-refractivity contribution in [1.29, 1.82) is 0 Å². The second-order valence-corrected chi connectivity index (χ2v) is 9.45. The predicted molar refractivity (Wildman–Crippen MR) is 110 cm³/mol. The molecule has 1 fully saturated rings. The minimum absolute atomic E-state index is 0.0338. The molecule has 27 heavy (non-hydrogen) atoms. The summed E-state index contributed by atoms with van der Waals surface area (Å²) < 4.78 is 34.5. The molecule has 2 aromatic rings. The van der Waals surface area contributed by atoms with Crippen molar-refractivity contribution in [3.63, 3.8) is 0 Å². The Kier molecular flexibility index (Phi) is 6.70. The Morgan fingerprint density at radius 1 is 1.07 bits per heavy atom. The molecule has 0 bridgehead atoms. The van der Waals surface area contributed by atoms with Crippen LogP contribution in [0.3, 0.4) is 0 Å². The van der Waals surface area contributed by atoms with Gasteiger partial charge in [-0.15, -0.1) is 0 Å². The average Bonchev–Trinajstić information content (AvgIpc) is 2.64. The Hall–Kier alpha value is -1.25. The van der Waals surface area contributed by atoms with E-state index < -0.39 is 10.0 Å². The minimum Gasteiger partial charge on any atom is -0.379 e. The van der Waals surface area contributed by atoms with Crippen molar-refractivity contribution < 1.29 is 13.2 Å². The largest absolute Gasteiger partial charge is 0.379 e. The van der Waals surface area contributed by atoms with Gasteiger partial charge in [0.1, 0.15) is 0 Å². The number of ether oxygens (including phenoxy) is 1. The average molecular weight is 453 g/mol. The molecular formula is C20H25BrN2O3S. The third-order valence-corrected chi connectivity index (χ3v) is 7.19. The molecule has 0 radical (unpaired) electrons. The van der Waals surface area contributed by atoms with Crippen LogP contribution in [0.2, 0.25) is 0 Å². The van der Waals surface area contributed by atoms with Crippen LogP contribution in [-0.2, 0) is 14.8 Å². The quantitative estimate of drug-likeness (QED) is 0.729. The third kappa shape index (κ3) is 5.18. The molecule has 1 unspecified atom stereocenters. The maximum absolute atomic E-state index is 12.9. The minimum atomic E-state index is -3.61. The third-order valence-electron chi connectivity index (χ3n) is 4.79. The van der Waals surface area contributed by atoms with Crippen LogP contribution in [0.1, 0.15) is 22.7 Å². The molecule has 1 aliphatic heterocycles. The first kappa shape index (κ1) is 20.5. The SMILES string of the molecule is Cc1ccc(C(CNS(=O)(=O)c2ccc(C)cc2Br)N2CCOCC2)cc1. The molecule has 7 heteroatoms. The van der Waals surface area contributed by atoms with Gasteiger partial charge in [0, 0.05) is 30.1 Å². The summed E-state index contributed by atoms with van der Waals surface area (Å²) >= 11 is 3.37. The lowest BCUT2D eigenvalue weighted by Crippen LogP contribution is -2.43. The van der Waals surface area contributed by atoms with Gasteiger partial charge in [0.25, 0.3) is 0 Å². The van der Waals surface area contributed by atoms with Crippen LogP contribution in [0.4, 0.5) is 0 Å². The molecule has 1 heterocycles. The molecule has 146 valence electrons. The Morgan fingerprint density at radius 3 is 2.33 bits per heavy atom. The Morgan fingerprint density at radius 2 is 1.70 bits per heavy atom. The number of nitrogens with one attached hydrogen (secondary N) is 1. The van der Waals surface area contributed by atoms with Crippen molar-refractivity contribution in [2.45, 2.75) is 24.8 Å². The van der Waals surface area contributed by atoms with Crippen LogP contribution in [0, 0.1) is 13.8 Å². The van der Waals surface area contributed by atoms with Gasteiger partial charge in [-0.05, 0) is 53.0 Å². The van der Waals surface area contributed by atoms with Crippen LogP contribution >= 0.6 is 15.9 Å². The van der Waals surface area contributed by atoms with Gasteiger partial charge < -0.3 is 4.74 Å². The number of hydrogen-bond acceptors (Lipinski definition) is 4. The van der Waals surface area contributed by atoms with E-state index in [4.69, 9.17) is 4.74 Å². The predicted octanol–water partition coefficient (Wildman–Crippen LogP) is 3.42. The fraction of sp³-hybridized carbons (Fsp3) is 0.400. The highest BCUT2D eigenvalue weighted by atomic mass is 79.9. The standard InChI is InChI=1S/C20H25BrN2O3S/c1-15-3-6-17(7-4-15)19(23-9-11-26-12-10-23)14-22-27(24,25)20-8-5-16(2)13-18(20)21/h3-8,13,19,22H,9-12,14H2,1-2H3. The van der Waals surface area contributed by atoms with Gasteiger partial charge in [-0.2, -0.15) is 0 Å². The van der Waals surface area contributed by atoms with E-state index in [0.717, 1.165) is 24.2 Å². The molecule has 1 N–H and O–H groups in total. The second kappa shape index (κ2) is 8.84. The number of nitrogens with zero attached hydrogens (tertiary/aromatic N) is 1. The van der Waals surface area contributed by atoms with E-state index in [9.17, 15) is 8.42 Å². The summed E-state index contributed by atoms with van der Waals surface area (Å²) in [6, 6.07) is 13.5. The molecule has 0 aliphatic carbocycles. The number of sulfonamides is 1. The molecule has 0 saturated carbocycles. The smallest absolute Gasteiger partial charge is 0.241 e. The van der Waals surface area contributed by atoms with E-state index in [1.807, 2.05) is 19.9 Å². The summed E-state index contributed by atoms with van der Waals surface area (Å²) in [4.78, 5) is 2.54. The van der Waals surface area contributed by atoms with Gasteiger partial charge in [-0.1, -0.05) is 35.9 Å². The van der Waals surface area contributed by atoms with Gasteiger partial charge in [0.2, 0.25) is 10.0 Å². The van der Waals surface area contributed by atoms with Crippen LogP contribution < -0.4 is 4.72 Å². The molecule has 0 aromatic heterocycles. The van der Waals surface area contributed by atoms with E-state index in [-0.39, 0.29) is 10.9 Å². The topological polar surface area (TPSA) is 58.6 Å². The zero-order valence-electron chi connectivity index (χ0n) is 15.6. The first-order valence-corrected chi connectivity index (χ1v) is 11.3. The van der Waals surface area contributed by atoms with Gasteiger partial charge in [0.05, 0.1) is 18.1 Å². The van der Waals surface area contributed by atoms with E-state index in [2.05, 4.69) is 49.8 Å². The Balaban J connectivity index is 1.82. The highest BCUT2D eigenvalue weighted by Crippen LogP contribution is 2.25. The first-order chi connectivity index (χ1) is 12.9. The maximum atomic E-state index is 12.9. The van der Waals surface area contributed by atoms with Crippen molar-refractivity contribution >= 4 is 26.0 Å². The summed E-state index contributed by atoms with van der Waals surface area (Å²) in [5.74, 6) is 0. The Labute approximate surface area is 169 Å². The van der Waals surface area contributed by atoms with E-state index >= 15 is 0 Å². The lowest BCUT2D eigenvalue weighted by Gasteiger charge is -2.35. The zero-order valence-corrected chi connectivity index (χ0v) is 18.0. The molecule has 1 saturated heterocycles. The summed E-state index contributed by atoms with van der Waals surface area (Å²) in [7, 11) is -3.61. The molecule has 2 aromatic carbocycles. The number of benzene rings is 2. The molecule has 1 atom stereocenters. The number of aryl methyl sites for hydroxylation is 2. The van der Waals surface area contributed by atoms with Crippen molar-refractivity contribution in [1.82, 2.24) is 9.62 Å². The summed E-state index contributed by atoms with van der Waals surface area (Å²) in [5, 5.41) is 0. The van der Waals surface area contributed by atoms with Gasteiger partial charge >= 0.3 is 0 Å². The van der Waals surface area contributed by atoms with E-state index in [1.165, 1.54) is 5.56 Å². The van der Waals surface area contributed by atoms with E-state index in [1.54, 1.807) is 12.1 Å².